The summed E-state index contributed by atoms with van der Waals surface area (Å²) in [5.41, 5.74) is 8.41. The van der Waals surface area contributed by atoms with Gasteiger partial charge < -0.3 is 10.5 Å². The minimum atomic E-state index is -0.654. The van der Waals surface area contributed by atoms with Crippen LogP contribution in [0, 0.1) is 0 Å². The van der Waals surface area contributed by atoms with Gasteiger partial charge in [0.25, 0.3) is 0 Å². The van der Waals surface area contributed by atoms with Gasteiger partial charge in [-0.2, -0.15) is 0 Å². The predicted octanol–water partition coefficient (Wildman–Crippen LogP) is 3.92. The average Bonchev–Trinajstić information content (AvgIpc) is 2.67. The van der Waals surface area contributed by atoms with Crippen molar-refractivity contribution in [2.24, 2.45) is 10.7 Å². The molecular weight excluding hydrogens is 338 g/mol. The van der Waals surface area contributed by atoms with Gasteiger partial charge in [-0.3, -0.25) is 9.69 Å². The molecule has 2 aromatic rings. The highest BCUT2D eigenvalue weighted by atomic mass is 16.5. The maximum absolute atomic E-state index is 12.3. The van der Waals surface area contributed by atoms with Gasteiger partial charge in [0.05, 0.1) is 18.6 Å². The normalized spacial score (nSPS) is 19.7. The number of nitrogens with two attached hydrogens (primary N) is 1. The van der Waals surface area contributed by atoms with Crippen LogP contribution in [0.2, 0.25) is 0 Å². The number of guanidine groups is 1. The monoisotopic (exact) mass is 365 g/mol. The summed E-state index contributed by atoms with van der Waals surface area (Å²) >= 11 is 0. The third kappa shape index (κ3) is 4.13. The molecule has 0 aromatic heterocycles. The van der Waals surface area contributed by atoms with Crippen molar-refractivity contribution in [3.8, 4) is 16.9 Å². The van der Waals surface area contributed by atoms with Gasteiger partial charge in [-0.1, -0.05) is 43.7 Å². The van der Waals surface area contributed by atoms with Gasteiger partial charge in [0.15, 0.2) is 5.96 Å². The molecule has 0 spiro atoms. The van der Waals surface area contributed by atoms with E-state index in [1.807, 2.05) is 31.2 Å². The summed E-state index contributed by atoms with van der Waals surface area (Å²) in [4.78, 5) is 18.3. The number of carbonyl (C=O) groups excluding carboxylic acids is 1. The zero-order valence-electron chi connectivity index (χ0n) is 16.2. The summed E-state index contributed by atoms with van der Waals surface area (Å²) in [7, 11) is 1.65. The molecule has 1 aliphatic rings. The fraction of sp³-hybridized carbons (Fsp3) is 0.364. The molecule has 27 heavy (non-hydrogen) atoms. The molecular formula is C22H27N3O2. The lowest BCUT2D eigenvalue weighted by molar-refractivity contribution is -0.128. The molecule has 142 valence electrons. The number of benzene rings is 2. The maximum atomic E-state index is 12.3. The number of aliphatic imine (C=N–C) groups is 1. The van der Waals surface area contributed by atoms with Gasteiger partial charge in [-0.15, -0.1) is 0 Å². The van der Waals surface area contributed by atoms with Gasteiger partial charge in [0.2, 0.25) is 5.91 Å². The van der Waals surface area contributed by atoms with E-state index in [2.05, 4.69) is 36.2 Å². The van der Waals surface area contributed by atoms with E-state index < -0.39 is 5.54 Å². The third-order valence-corrected chi connectivity index (χ3v) is 4.99. The van der Waals surface area contributed by atoms with Crippen molar-refractivity contribution in [2.45, 2.75) is 38.6 Å². The first-order valence-electron chi connectivity index (χ1n) is 9.38. The minimum absolute atomic E-state index is 0.0262. The Hall–Kier alpha value is -2.82. The van der Waals surface area contributed by atoms with Gasteiger partial charge >= 0.3 is 0 Å². The van der Waals surface area contributed by atoms with Crippen LogP contribution in [0.5, 0.6) is 5.75 Å². The zero-order chi connectivity index (χ0) is 19.4. The number of ether oxygens (including phenoxy) is 1. The van der Waals surface area contributed by atoms with Crippen molar-refractivity contribution in [1.29, 1.82) is 0 Å². The molecule has 3 rings (SSSR count). The lowest BCUT2D eigenvalue weighted by Crippen LogP contribution is -2.47. The van der Waals surface area contributed by atoms with E-state index in [1.165, 1.54) is 4.90 Å². The van der Waals surface area contributed by atoms with E-state index in [4.69, 9.17) is 10.5 Å². The molecule has 0 fully saturated rings. The maximum Gasteiger partial charge on any atom is 0.231 e. The van der Waals surface area contributed by atoms with Gasteiger partial charge in [0.1, 0.15) is 5.75 Å². The Morgan fingerprint density at radius 3 is 2.59 bits per heavy atom. The lowest BCUT2D eigenvalue weighted by Gasteiger charge is -2.33. The van der Waals surface area contributed by atoms with Crippen molar-refractivity contribution in [3.05, 3.63) is 54.1 Å². The quantitative estimate of drug-likeness (QED) is 0.789. The number of nitrogens with zero attached hydrogens (tertiary/aromatic N) is 2. The van der Waals surface area contributed by atoms with E-state index in [1.54, 1.807) is 7.05 Å². The van der Waals surface area contributed by atoms with Crippen molar-refractivity contribution in [1.82, 2.24) is 4.90 Å². The van der Waals surface area contributed by atoms with Crippen LogP contribution in [-0.4, -0.2) is 30.4 Å². The Bertz CT molecular complexity index is 862. The fourth-order valence-electron chi connectivity index (χ4n) is 3.21. The summed E-state index contributed by atoms with van der Waals surface area (Å²) < 4.78 is 5.83. The van der Waals surface area contributed by atoms with Crippen molar-refractivity contribution in [2.75, 3.05) is 13.7 Å². The third-order valence-electron chi connectivity index (χ3n) is 4.99. The first kappa shape index (κ1) is 19.0. The Balaban J connectivity index is 1.90. The summed E-state index contributed by atoms with van der Waals surface area (Å²) in [6.07, 6.45) is 2.45. The number of hydrogen-bond acceptors (Lipinski definition) is 4. The van der Waals surface area contributed by atoms with E-state index in [-0.39, 0.29) is 11.9 Å². The van der Waals surface area contributed by atoms with E-state index in [0.29, 0.717) is 6.42 Å². The highest BCUT2D eigenvalue weighted by Gasteiger charge is 2.36. The number of unbranched alkanes of at least 4 members (excludes halogenated alkanes) is 1. The SMILES string of the molecule is CCCCOc1cccc(-c2cccc(C3(C)CC(=O)N(C)C(N)=N3)c2)c1. The Labute approximate surface area is 160 Å². The first-order valence-corrected chi connectivity index (χ1v) is 9.38. The molecule has 1 aliphatic heterocycles. The standard InChI is InChI=1S/C22H27N3O2/c1-4-5-12-27-19-11-7-9-17(14-19)16-8-6-10-18(13-16)22(2)15-20(26)25(3)21(23)24-22/h6-11,13-14H,4-5,12,15H2,1-3H3,(H2,23,24). The summed E-state index contributed by atoms with van der Waals surface area (Å²) in [6, 6.07) is 16.2. The van der Waals surface area contributed by atoms with Crippen LogP contribution >= 0.6 is 0 Å². The van der Waals surface area contributed by atoms with Crippen molar-refractivity contribution in [3.63, 3.8) is 0 Å². The fourth-order valence-corrected chi connectivity index (χ4v) is 3.21. The molecule has 0 bridgehead atoms. The van der Waals surface area contributed by atoms with Crippen molar-refractivity contribution < 1.29 is 9.53 Å². The number of hydrogen-bond donors (Lipinski definition) is 1. The molecule has 2 N–H and O–H groups in total. The largest absolute Gasteiger partial charge is 0.494 e. The van der Waals surface area contributed by atoms with Crippen LogP contribution in [0.4, 0.5) is 0 Å². The Kier molecular flexibility index (Phi) is 5.49. The van der Waals surface area contributed by atoms with Gasteiger partial charge in [-0.25, -0.2) is 4.99 Å². The number of carbonyl (C=O) groups is 1. The predicted molar refractivity (Wildman–Crippen MR) is 109 cm³/mol. The van der Waals surface area contributed by atoms with Crippen LogP contribution in [0.3, 0.4) is 0 Å². The first-order chi connectivity index (χ1) is 12.9. The molecule has 0 aliphatic carbocycles. The molecule has 1 heterocycles. The van der Waals surface area contributed by atoms with Crippen LogP contribution in [-0.2, 0) is 10.3 Å². The summed E-state index contributed by atoms with van der Waals surface area (Å²) in [5, 5.41) is 0. The molecule has 5 nitrogen and oxygen atoms in total. The van der Waals surface area contributed by atoms with Crippen LogP contribution in [0.15, 0.2) is 53.5 Å². The van der Waals surface area contributed by atoms with Crippen LogP contribution in [0.1, 0.15) is 38.7 Å². The van der Waals surface area contributed by atoms with E-state index >= 15 is 0 Å². The molecule has 1 unspecified atom stereocenters. The highest BCUT2D eigenvalue weighted by molar-refractivity contribution is 5.98. The molecule has 5 heteroatoms. The summed E-state index contributed by atoms with van der Waals surface area (Å²) in [5.74, 6) is 1.10. The van der Waals surface area contributed by atoms with E-state index in [9.17, 15) is 4.79 Å². The molecule has 0 saturated heterocycles. The second-order valence-corrected chi connectivity index (χ2v) is 7.18. The zero-order valence-corrected chi connectivity index (χ0v) is 16.2. The topological polar surface area (TPSA) is 67.9 Å². The highest BCUT2D eigenvalue weighted by Crippen LogP contribution is 2.35. The molecule has 0 saturated carbocycles. The second-order valence-electron chi connectivity index (χ2n) is 7.18. The van der Waals surface area contributed by atoms with Crippen LogP contribution < -0.4 is 10.5 Å². The molecule has 1 atom stereocenters. The van der Waals surface area contributed by atoms with Crippen LogP contribution in [0.25, 0.3) is 11.1 Å². The Morgan fingerprint density at radius 1 is 1.19 bits per heavy atom. The summed E-state index contributed by atoms with van der Waals surface area (Å²) in [6.45, 7) is 4.82. The van der Waals surface area contributed by atoms with Crippen molar-refractivity contribution >= 4 is 11.9 Å². The molecule has 1 amide bonds. The van der Waals surface area contributed by atoms with Gasteiger partial charge in [0, 0.05) is 7.05 Å². The molecule has 0 radical (unpaired) electrons. The number of amides is 1. The lowest BCUT2D eigenvalue weighted by atomic mass is 9.86. The number of rotatable bonds is 6. The molecule has 2 aromatic carbocycles. The minimum Gasteiger partial charge on any atom is -0.494 e. The second kappa shape index (κ2) is 7.82. The Morgan fingerprint density at radius 2 is 1.89 bits per heavy atom. The average molecular weight is 365 g/mol. The van der Waals surface area contributed by atoms with Gasteiger partial charge in [-0.05, 0) is 48.2 Å². The van der Waals surface area contributed by atoms with E-state index in [0.717, 1.165) is 41.9 Å². The smallest absolute Gasteiger partial charge is 0.231 e.